The van der Waals surface area contributed by atoms with Crippen molar-refractivity contribution in [1.82, 2.24) is 9.97 Å². The molecule has 0 amide bonds. The predicted molar refractivity (Wildman–Crippen MR) is 70.7 cm³/mol. The average Bonchev–Trinajstić information content (AvgIpc) is 2.46. The van der Waals surface area contributed by atoms with Gasteiger partial charge in [0.25, 0.3) is 0 Å². The van der Waals surface area contributed by atoms with Crippen molar-refractivity contribution >= 4 is 5.82 Å². The van der Waals surface area contributed by atoms with Crippen LogP contribution in [0.2, 0.25) is 0 Å². The molecule has 0 saturated heterocycles. The highest BCUT2D eigenvalue weighted by Gasteiger charge is 2.34. The molecule has 0 saturated carbocycles. The zero-order chi connectivity index (χ0) is 15.5. The van der Waals surface area contributed by atoms with E-state index >= 15 is 0 Å². The zero-order valence-corrected chi connectivity index (χ0v) is 11.1. The van der Waals surface area contributed by atoms with Gasteiger partial charge in [-0.15, -0.1) is 0 Å². The van der Waals surface area contributed by atoms with E-state index in [0.29, 0.717) is 17.8 Å². The van der Waals surface area contributed by atoms with Crippen molar-refractivity contribution in [3.05, 3.63) is 41.7 Å². The Balaban J connectivity index is 2.44. The van der Waals surface area contributed by atoms with Crippen molar-refractivity contribution in [2.75, 3.05) is 5.43 Å². The largest absolute Gasteiger partial charge is 0.438 e. The van der Waals surface area contributed by atoms with E-state index in [1.165, 1.54) is 24.5 Å². The van der Waals surface area contributed by atoms with E-state index < -0.39 is 11.7 Å². The predicted octanol–water partition coefficient (Wildman–Crippen LogP) is 3.14. The highest BCUT2D eigenvalue weighted by molar-refractivity contribution is 5.49. The minimum Gasteiger partial charge on any atom is -0.438 e. The van der Waals surface area contributed by atoms with Gasteiger partial charge in [-0.2, -0.15) is 13.2 Å². The summed E-state index contributed by atoms with van der Waals surface area (Å²) in [7, 11) is 0. The second-order valence-corrected chi connectivity index (χ2v) is 4.10. The molecule has 0 atom stereocenters. The minimum absolute atomic E-state index is 0.0390. The highest BCUT2D eigenvalue weighted by atomic mass is 19.4. The summed E-state index contributed by atoms with van der Waals surface area (Å²) in [6, 6.07) is 4.94. The van der Waals surface area contributed by atoms with Gasteiger partial charge in [0.05, 0.1) is 11.1 Å². The van der Waals surface area contributed by atoms with Gasteiger partial charge in [0.1, 0.15) is 17.9 Å². The number of benzene rings is 1. The number of anilines is 1. The van der Waals surface area contributed by atoms with E-state index in [1.54, 1.807) is 6.92 Å². The molecule has 2 aromatic rings. The number of nitrogens with one attached hydrogen (secondary N) is 1. The topological polar surface area (TPSA) is 73.1 Å². The van der Waals surface area contributed by atoms with Crippen LogP contribution >= 0.6 is 0 Å². The number of para-hydroxylation sites is 1. The van der Waals surface area contributed by atoms with Crippen molar-refractivity contribution in [2.45, 2.75) is 19.5 Å². The van der Waals surface area contributed by atoms with Crippen LogP contribution in [0.25, 0.3) is 0 Å². The average molecular weight is 298 g/mol. The second-order valence-electron chi connectivity index (χ2n) is 4.10. The zero-order valence-electron chi connectivity index (χ0n) is 11.1. The number of halogens is 3. The summed E-state index contributed by atoms with van der Waals surface area (Å²) < 4.78 is 44.1. The SMILES string of the molecule is CCc1c(NN)ncnc1Oc1ccccc1C(F)(F)F. The lowest BCUT2D eigenvalue weighted by Crippen LogP contribution is -2.13. The molecule has 1 aromatic carbocycles. The third-order valence-electron chi connectivity index (χ3n) is 2.80. The fourth-order valence-electron chi connectivity index (χ4n) is 1.82. The van der Waals surface area contributed by atoms with Crippen LogP contribution in [-0.2, 0) is 12.6 Å². The van der Waals surface area contributed by atoms with Crippen LogP contribution in [0.3, 0.4) is 0 Å². The lowest BCUT2D eigenvalue weighted by atomic mass is 10.2. The quantitative estimate of drug-likeness (QED) is 0.670. The summed E-state index contributed by atoms with van der Waals surface area (Å²) in [5.74, 6) is 5.34. The van der Waals surface area contributed by atoms with Gasteiger partial charge in [0.15, 0.2) is 0 Å². The van der Waals surface area contributed by atoms with Crippen molar-refractivity contribution < 1.29 is 17.9 Å². The normalized spacial score (nSPS) is 11.3. The molecule has 0 spiro atoms. The molecule has 3 N–H and O–H groups in total. The van der Waals surface area contributed by atoms with E-state index in [-0.39, 0.29) is 11.6 Å². The van der Waals surface area contributed by atoms with Crippen LogP contribution in [0.4, 0.5) is 19.0 Å². The third kappa shape index (κ3) is 3.22. The molecule has 0 aliphatic rings. The van der Waals surface area contributed by atoms with Crippen molar-refractivity contribution in [1.29, 1.82) is 0 Å². The maximum absolute atomic E-state index is 12.9. The maximum Gasteiger partial charge on any atom is 0.419 e. The van der Waals surface area contributed by atoms with Gasteiger partial charge in [-0.25, -0.2) is 15.8 Å². The van der Waals surface area contributed by atoms with Crippen LogP contribution in [0.1, 0.15) is 18.1 Å². The smallest absolute Gasteiger partial charge is 0.419 e. The Morgan fingerprint density at radius 3 is 2.57 bits per heavy atom. The van der Waals surface area contributed by atoms with Crippen LogP contribution < -0.4 is 16.0 Å². The molecule has 0 fully saturated rings. The number of rotatable bonds is 4. The summed E-state index contributed by atoms with van der Waals surface area (Å²) >= 11 is 0. The van der Waals surface area contributed by atoms with Gasteiger partial charge in [0.2, 0.25) is 5.88 Å². The number of nitrogens with two attached hydrogens (primary N) is 1. The lowest BCUT2D eigenvalue weighted by Gasteiger charge is -2.15. The van der Waals surface area contributed by atoms with Crippen molar-refractivity contribution in [3.8, 4) is 11.6 Å². The molecule has 2 rings (SSSR count). The standard InChI is InChI=1S/C13H13F3N4O/c1-2-8-11(20-17)18-7-19-12(8)21-10-6-4-3-5-9(10)13(14,15)16/h3-7H,2,17H2,1H3,(H,18,19,20). The first-order chi connectivity index (χ1) is 9.97. The Labute approximate surface area is 118 Å². The molecule has 1 heterocycles. The van der Waals surface area contributed by atoms with Gasteiger partial charge >= 0.3 is 6.18 Å². The van der Waals surface area contributed by atoms with Gasteiger partial charge in [-0.05, 0) is 18.6 Å². The fourth-order valence-corrected chi connectivity index (χ4v) is 1.82. The van der Waals surface area contributed by atoms with E-state index in [1.807, 2.05) is 0 Å². The first-order valence-electron chi connectivity index (χ1n) is 6.12. The molecule has 0 aliphatic heterocycles. The first-order valence-corrected chi connectivity index (χ1v) is 6.12. The van der Waals surface area contributed by atoms with Gasteiger partial charge in [-0.1, -0.05) is 19.1 Å². The molecular formula is C13H13F3N4O. The summed E-state index contributed by atoms with van der Waals surface area (Å²) in [6.07, 6.45) is -2.89. The number of nitrogen functional groups attached to an aromatic ring is 1. The molecule has 112 valence electrons. The molecular weight excluding hydrogens is 285 g/mol. The van der Waals surface area contributed by atoms with Crippen LogP contribution in [0.15, 0.2) is 30.6 Å². The number of hydrogen-bond donors (Lipinski definition) is 2. The molecule has 1 aromatic heterocycles. The molecule has 0 bridgehead atoms. The number of aromatic nitrogens is 2. The molecule has 0 radical (unpaired) electrons. The number of alkyl halides is 3. The summed E-state index contributed by atoms with van der Waals surface area (Å²) in [5, 5.41) is 0. The number of hydrogen-bond acceptors (Lipinski definition) is 5. The number of hydrazine groups is 1. The van der Waals surface area contributed by atoms with E-state index in [9.17, 15) is 13.2 Å². The highest BCUT2D eigenvalue weighted by Crippen LogP contribution is 2.38. The summed E-state index contributed by atoms with van der Waals surface area (Å²) in [5.41, 5.74) is 1.99. The Kier molecular flexibility index (Phi) is 4.27. The molecule has 8 heteroatoms. The van der Waals surface area contributed by atoms with Gasteiger partial charge in [-0.3, -0.25) is 0 Å². The van der Waals surface area contributed by atoms with Gasteiger partial charge in [0, 0.05) is 0 Å². The molecule has 21 heavy (non-hydrogen) atoms. The maximum atomic E-state index is 12.9. The summed E-state index contributed by atoms with van der Waals surface area (Å²) in [4.78, 5) is 7.77. The second kappa shape index (κ2) is 5.96. The third-order valence-corrected chi connectivity index (χ3v) is 2.80. The van der Waals surface area contributed by atoms with Gasteiger partial charge < -0.3 is 10.2 Å². The van der Waals surface area contributed by atoms with E-state index in [2.05, 4.69) is 15.4 Å². The van der Waals surface area contributed by atoms with E-state index in [0.717, 1.165) is 6.07 Å². The summed E-state index contributed by atoms with van der Waals surface area (Å²) in [6.45, 7) is 1.79. The Hall–Kier alpha value is -2.35. The van der Waals surface area contributed by atoms with Crippen LogP contribution in [0.5, 0.6) is 11.6 Å². The first kappa shape index (κ1) is 15.0. The van der Waals surface area contributed by atoms with Crippen molar-refractivity contribution in [2.24, 2.45) is 5.84 Å². The van der Waals surface area contributed by atoms with Crippen molar-refractivity contribution in [3.63, 3.8) is 0 Å². The van der Waals surface area contributed by atoms with Crippen LogP contribution in [0, 0.1) is 0 Å². The molecule has 0 unspecified atom stereocenters. The molecule has 0 aliphatic carbocycles. The minimum atomic E-state index is -4.51. The fraction of sp³-hybridized carbons (Fsp3) is 0.231. The Morgan fingerprint density at radius 1 is 1.24 bits per heavy atom. The lowest BCUT2D eigenvalue weighted by molar-refractivity contribution is -0.138. The van der Waals surface area contributed by atoms with E-state index in [4.69, 9.17) is 10.6 Å². The molecule has 5 nitrogen and oxygen atoms in total. The monoisotopic (exact) mass is 298 g/mol. The number of nitrogens with zero attached hydrogens (tertiary/aromatic N) is 2. The number of ether oxygens (including phenoxy) is 1. The Morgan fingerprint density at radius 2 is 1.95 bits per heavy atom. The Bertz CT molecular complexity index is 631. The van der Waals surface area contributed by atoms with Crippen LogP contribution in [-0.4, -0.2) is 9.97 Å².